The van der Waals surface area contributed by atoms with Gasteiger partial charge in [-0.15, -0.1) is 0 Å². The van der Waals surface area contributed by atoms with Gasteiger partial charge in [0.25, 0.3) is 5.91 Å². The Hall–Kier alpha value is -2.41. The van der Waals surface area contributed by atoms with Crippen LogP contribution in [-0.4, -0.2) is 34.7 Å². The number of carbonyl (C=O) groups is 3. The second-order valence-electron chi connectivity index (χ2n) is 9.17. The van der Waals surface area contributed by atoms with Crippen molar-refractivity contribution >= 4 is 17.9 Å². The summed E-state index contributed by atoms with van der Waals surface area (Å²) < 4.78 is 5.46. The van der Waals surface area contributed by atoms with E-state index in [-0.39, 0.29) is 0 Å². The number of benzene rings is 1. The summed E-state index contributed by atoms with van der Waals surface area (Å²) in [5.41, 5.74) is -0.552. The Balaban J connectivity index is 1.29. The van der Waals surface area contributed by atoms with Gasteiger partial charge in [-0.3, -0.25) is 14.9 Å². The lowest BCUT2D eigenvalue weighted by molar-refractivity contribution is -0.199. The van der Waals surface area contributed by atoms with Gasteiger partial charge in [0, 0.05) is 6.54 Å². The molecule has 0 heterocycles. The summed E-state index contributed by atoms with van der Waals surface area (Å²) >= 11 is 0. The van der Waals surface area contributed by atoms with E-state index in [2.05, 4.69) is 10.6 Å². The Bertz CT molecular complexity index is 795. The maximum absolute atomic E-state index is 12.9. The average molecular weight is 400 g/mol. The lowest BCUT2D eigenvalue weighted by atomic mass is 9.48. The molecule has 0 radical (unpaired) electrons. The molecule has 1 aromatic rings. The van der Waals surface area contributed by atoms with E-state index in [9.17, 15) is 19.5 Å². The molecule has 4 fully saturated rings. The lowest BCUT2D eigenvalue weighted by Gasteiger charge is -2.58. The predicted octanol–water partition coefficient (Wildman–Crippen LogP) is 2.28. The maximum Gasteiger partial charge on any atom is 0.321 e. The Morgan fingerprint density at radius 3 is 2.41 bits per heavy atom. The quantitative estimate of drug-likeness (QED) is 0.658. The maximum atomic E-state index is 12.9. The highest BCUT2D eigenvalue weighted by atomic mass is 16.5. The van der Waals surface area contributed by atoms with E-state index in [0.29, 0.717) is 24.8 Å². The first-order valence-electron chi connectivity index (χ1n) is 10.3. The molecular weight excluding hydrogens is 372 g/mol. The van der Waals surface area contributed by atoms with Crippen molar-refractivity contribution in [1.29, 1.82) is 0 Å². The molecule has 0 spiro atoms. The minimum atomic E-state index is -1.08. The molecule has 3 amide bonds. The SMILES string of the molecule is C[C@H](OC(=O)C12C[C@@H]3C[C@@H](CC(O)(C3)C1)C2)C(=O)NC(=O)NCc1ccccc1. The van der Waals surface area contributed by atoms with Gasteiger partial charge in [-0.05, 0) is 62.8 Å². The highest BCUT2D eigenvalue weighted by molar-refractivity contribution is 5.97. The van der Waals surface area contributed by atoms with Crippen molar-refractivity contribution in [3.8, 4) is 0 Å². The zero-order valence-corrected chi connectivity index (χ0v) is 16.6. The Labute approximate surface area is 170 Å². The van der Waals surface area contributed by atoms with Crippen molar-refractivity contribution in [2.45, 2.75) is 63.7 Å². The van der Waals surface area contributed by atoms with Crippen LogP contribution in [0, 0.1) is 17.3 Å². The minimum absolute atomic E-state index is 0.290. The number of esters is 1. The van der Waals surface area contributed by atoms with Gasteiger partial charge < -0.3 is 15.2 Å². The van der Waals surface area contributed by atoms with Gasteiger partial charge in [0.1, 0.15) is 0 Å². The Kier molecular flexibility index (Phi) is 5.11. The van der Waals surface area contributed by atoms with E-state index in [1.807, 2.05) is 30.3 Å². The minimum Gasteiger partial charge on any atom is -0.452 e. The summed E-state index contributed by atoms with van der Waals surface area (Å²) in [6.45, 7) is 1.76. The van der Waals surface area contributed by atoms with Gasteiger partial charge in [0.15, 0.2) is 6.10 Å². The fourth-order valence-corrected chi connectivity index (χ4v) is 5.83. The molecule has 4 saturated carbocycles. The van der Waals surface area contributed by atoms with E-state index in [4.69, 9.17) is 4.74 Å². The first kappa shape index (κ1) is 19.9. The normalized spacial score (nSPS) is 33.0. The first-order chi connectivity index (χ1) is 13.8. The van der Waals surface area contributed by atoms with E-state index in [1.165, 1.54) is 6.92 Å². The number of aliphatic hydroxyl groups is 1. The monoisotopic (exact) mass is 400 g/mol. The highest BCUT2D eigenvalue weighted by Crippen LogP contribution is 2.62. The van der Waals surface area contributed by atoms with Crippen LogP contribution >= 0.6 is 0 Å². The molecule has 2 unspecified atom stereocenters. The van der Waals surface area contributed by atoms with E-state index < -0.39 is 35.0 Å². The van der Waals surface area contributed by atoms with Crippen molar-refractivity contribution in [1.82, 2.24) is 10.6 Å². The second-order valence-corrected chi connectivity index (χ2v) is 9.17. The van der Waals surface area contributed by atoms with Crippen LogP contribution in [-0.2, 0) is 20.9 Å². The summed E-state index contributed by atoms with van der Waals surface area (Å²) in [6.07, 6.45) is 3.36. The number of urea groups is 1. The van der Waals surface area contributed by atoms with Crippen LogP contribution in [0.15, 0.2) is 30.3 Å². The van der Waals surface area contributed by atoms with Gasteiger partial charge in [0.2, 0.25) is 0 Å². The topological polar surface area (TPSA) is 105 Å². The fraction of sp³-hybridized carbons (Fsp3) is 0.591. The van der Waals surface area contributed by atoms with Crippen molar-refractivity contribution < 1.29 is 24.2 Å². The molecule has 7 heteroatoms. The highest BCUT2D eigenvalue weighted by Gasteiger charge is 2.61. The third-order valence-electron chi connectivity index (χ3n) is 6.65. The van der Waals surface area contributed by atoms with Crippen LogP contribution in [0.3, 0.4) is 0 Å². The third kappa shape index (κ3) is 4.15. The summed E-state index contributed by atoms with van der Waals surface area (Å²) in [6, 6.07) is 8.71. The number of hydrogen-bond acceptors (Lipinski definition) is 5. The van der Waals surface area contributed by atoms with Crippen molar-refractivity contribution in [2.24, 2.45) is 17.3 Å². The van der Waals surface area contributed by atoms with E-state index in [1.54, 1.807) is 0 Å². The molecule has 0 saturated heterocycles. The van der Waals surface area contributed by atoms with E-state index in [0.717, 1.165) is 37.7 Å². The van der Waals surface area contributed by atoms with Gasteiger partial charge in [0.05, 0.1) is 11.0 Å². The number of carbonyl (C=O) groups excluding carboxylic acids is 3. The average Bonchev–Trinajstić information content (AvgIpc) is 2.65. The Morgan fingerprint density at radius 1 is 1.14 bits per heavy atom. The van der Waals surface area contributed by atoms with Crippen molar-refractivity contribution in [3.05, 3.63) is 35.9 Å². The molecule has 29 heavy (non-hydrogen) atoms. The molecule has 4 aliphatic carbocycles. The van der Waals surface area contributed by atoms with E-state index >= 15 is 0 Å². The second kappa shape index (κ2) is 7.44. The largest absolute Gasteiger partial charge is 0.452 e. The molecule has 4 aliphatic rings. The molecule has 0 aromatic heterocycles. The number of imide groups is 1. The van der Waals surface area contributed by atoms with Crippen LogP contribution in [0.1, 0.15) is 51.0 Å². The van der Waals surface area contributed by atoms with Gasteiger partial charge in [-0.2, -0.15) is 0 Å². The summed E-state index contributed by atoms with van der Waals surface area (Å²) in [7, 11) is 0. The summed E-state index contributed by atoms with van der Waals surface area (Å²) in [5, 5.41) is 15.6. The fourth-order valence-electron chi connectivity index (χ4n) is 5.83. The van der Waals surface area contributed by atoms with Crippen LogP contribution in [0.5, 0.6) is 0 Å². The lowest BCUT2D eigenvalue weighted by Crippen LogP contribution is -2.59. The van der Waals surface area contributed by atoms with Gasteiger partial charge in [-0.1, -0.05) is 30.3 Å². The molecule has 0 aliphatic heterocycles. The smallest absolute Gasteiger partial charge is 0.321 e. The van der Waals surface area contributed by atoms with Gasteiger partial charge in [-0.25, -0.2) is 4.79 Å². The molecule has 5 atom stereocenters. The molecule has 7 nitrogen and oxygen atoms in total. The number of rotatable bonds is 5. The molecule has 156 valence electrons. The Morgan fingerprint density at radius 2 is 1.79 bits per heavy atom. The standard InChI is InChI=1S/C22H28N2O5/c1-14(18(25)24-20(27)23-12-15-5-3-2-4-6-15)29-19(26)21-8-16-7-17(9-21)11-22(28,10-16)13-21/h2-6,14,16-17,28H,7-13H2,1H3,(H2,23,24,25,27)/t14-,16-,17+,21?,22?/m0/s1. The molecule has 5 rings (SSSR count). The molecule has 4 bridgehead atoms. The van der Waals surface area contributed by atoms with Crippen LogP contribution < -0.4 is 10.6 Å². The predicted molar refractivity (Wildman–Crippen MR) is 104 cm³/mol. The molecular formula is C22H28N2O5. The van der Waals surface area contributed by atoms with Crippen molar-refractivity contribution in [2.75, 3.05) is 0 Å². The van der Waals surface area contributed by atoms with Gasteiger partial charge >= 0.3 is 12.0 Å². The molecule has 1 aromatic carbocycles. The summed E-state index contributed by atoms with van der Waals surface area (Å²) in [5.74, 6) is -0.381. The number of ether oxygens (including phenoxy) is 1. The number of nitrogens with one attached hydrogen (secondary N) is 2. The zero-order valence-electron chi connectivity index (χ0n) is 16.6. The van der Waals surface area contributed by atoms with Crippen LogP contribution in [0.25, 0.3) is 0 Å². The zero-order chi connectivity index (χ0) is 20.6. The summed E-state index contributed by atoms with van der Waals surface area (Å²) in [4.78, 5) is 37.2. The number of hydrogen-bond donors (Lipinski definition) is 3. The third-order valence-corrected chi connectivity index (χ3v) is 6.65. The van der Waals surface area contributed by atoms with Crippen molar-refractivity contribution in [3.63, 3.8) is 0 Å². The first-order valence-corrected chi connectivity index (χ1v) is 10.3. The number of amides is 3. The van der Waals surface area contributed by atoms with Crippen LogP contribution in [0.4, 0.5) is 4.79 Å². The molecule has 3 N–H and O–H groups in total. The van der Waals surface area contributed by atoms with Crippen LogP contribution in [0.2, 0.25) is 0 Å².